The summed E-state index contributed by atoms with van der Waals surface area (Å²) in [6, 6.07) is 10.2. The Morgan fingerprint density at radius 1 is 1.19 bits per heavy atom. The van der Waals surface area contributed by atoms with E-state index >= 15 is 0 Å². The largest absolute Gasteiger partial charge is 0.312 e. The Balaban J connectivity index is 1.54. The lowest BCUT2D eigenvalue weighted by atomic mass is 10.1. The van der Waals surface area contributed by atoms with Gasteiger partial charge >= 0.3 is 0 Å². The quantitative estimate of drug-likeness (QED) is 0.856. The Kier molecular flexibility index (Phi) is 4.52. The zero-order valence-electron chi connectivity index (χ0n) is 15.0. The number of hydrogen-bond acceptors (Lipinski definition) is 3. The summed E-state index contributed by atoms with van der Waals surface area (Å²) in [5.74, 6) is -0.0808. The monoisotopic (exact) mass is 388 g/mol. The molecule has 7 heteroatoms. The standard InChI is InChI=1S/C20H21FN2O3S/c1-13(14-4-6-17(21)7-5-14)22-27(25,26)18-8-9-19-16(12-18)10-11-23(19)20(24)15-2-3-15/h4-9,12-13,15,22H,2-3,10-11H2,1H3/t13-/m0/s1. The highest BCUT2D eigenvalue weighted by Gasteiger charge is 2.36. The minimum atomic E-state index is -3.73. The van der Waals surface area contributed by atoms with Gasteiger partial charge in [-0.3, -0.25) is 4.79 Å². The van der Waals surface area contributed by atoms with Gasteiger partial charge in [0.15, 0.2) is 0 Å². The Morgan fingerprint density at radius 3 is 2.56 bits per heavy atom. The smallest absolute Gasteiger partial charge is 0.241 e. The molecule has 2 aliphatic rings. The lowest BCUT2D eigenvalue weighted by molar-refractivity contribution is -0.119. The molecular formula is C20H21FN2O3S. The molecule has 142 valence electrons. The zero-order chi connectivity index (χ0) is 19.2. The Morgan fingerprint density at radius 2 is 1.89 bits per heavy atom. The van der Waals surface area contributed by atoms with Gasteiger partial charge in [-0.25, -0.2) is 17.5 Å². The Bertz CT molecular complexity index is 985. The van der Waals surface area contributed by atoms with Crippen LogP contribution in [-0.4, -0.2) is 20.9 Å². The van der Waals surface area contributed by atoms with Crippen molar-refractivity contribution in [1.29, 1.82) is 0 Å². The second-order valence-electron chi connectivity index (χ2n) is 7.20. The normalized spacial score (nSPS) is 17.6. The number of halogens is 1. The van der Waals surface area contributed by atoms with Gasteiger partial charge in [0.1, 0.15) is 5.82 Å². The van der Waals surface area contributed by atoms with Crippen LogP contribution in [0, 0.1) is 11.7 Å². The molecule has 0 aromatic heterocycles. The first-order valence-electron chi connectivity index (χ1n) is 9.07. The number of nitrogens with one attached hydrogen (secondary N) is 1. The fraction of sp³-hybridized carbons (Fsp3) is 0.350. The SMILES string of the molecule is C[C@H](NS(=O)(=O)c1ccc2c(c1)CCN2C(=O)C1CC1)c1ccc(F)cc1. The van der Waals surface area contributed by atoms with Crippen molar-refractivity contribution in [3.8, 4) is 0 Å². The molecule has 2 aromatic carbocycles. The predicted octanol–water partition coefficient (Wildman–Crippen LogP) is 3.16. The number of benzene rings is 2. The average Bonchev–Trinajstić information content (AvgIpc) is 3.40. The molecule has 0 unspecified atom stereocenters. The molecule has 4 rings (SSSR count). The Labute approximate surface area is 158 Å². The summed E-state index contributed by atoms with van der Waals surface area (Å²) in [4.78, 5) is 14.3. The van der Waals surface area contributed by atoms with E-state index in [2.05, 4.69) is 4.72 Å². The highest BCUT2D eigenvalue weighted by atomic mass is 32.2. The van der Waals surface area contributed by atoms with E-state index in [1.165, 1.54) is 18.2 Å². The molecule has 1 fully saturated rings. The van der Waals surface area contributed by atoms with Crippen LogP contribution in [0.4, 0.5) is 10.1 Å². The van der Waals surface area contributed by atoms with E-state index in [0.29, 0.717) is 18.5 Å². The van der Waals surface area contributed by atoms with Gasteiger partial charge in [0.2, 0.25) is 15.9 Å². The molecule has 1 aliphatic carbocycles. The highest BCUT2D eigenvalue weighted by Crippen LogP contribution is 2.37. The van der Waals surface area contributed by atoms with Crippen molar-refractivity contribution in [2.24, 2.45) is 5.92 Å². The van der Waals surface area contributed by atoms with E-state index in [4.69, 9.17) is 0 Å². The van der Waals surface area contributed by atoms with Gasteiger partial charge < -0.3 is 4.90 Å². The summed E-state index contributed by atoms with van der Waals surface area (Å²) in [6.45, 7) is 2.32. The summed E-state index contributed by atoms with van der Waals surface area (Å²) in [5, 5.41) is 0. The molecule has 1 atom stereocenters. The second-order valence-corrected chi connectivity index (χ2v) is 8.91. The van der Waals surface area contributed by atoms with E-state index in [-0.39, 0.29) is 22.5 Å². The van der Waals surface area contributed by atoms with Gasteiger partial charge in [0.05, 0.1) is 4.90 Å². The third kappa shape index (κ3) is 3.61. The van der Waals surface area contributed by atoms with Gasteiger partial charge in [-0.2, -0.15) is 0 Å². The van der Waals surface area contributed by atoms with Crippen molar-refractivity contribution in [2.45, 2.75) is 37.1 Å². The summed E-state index contributed by atoms with van der Waals surface area (Å²) >= 11 is 0. The number of carbonyl (C=O) groups excluding carboxylic acids is 1. The summed E-state index contributed by atoms with van der Waals surface area (Å²) in [7, 11) is -3.73. The topological polar surface area (TPSA) is 66.5 Å². The van der Waals surface area contributed by atoms with Crippen LogP contribution in [0.3, 0.4) is 0 Å². The van der Waals surface area contributed by atoms with Crippen molar-refractivity contribution in [2.75, 3.05) is 11.4 Å². The first kappa shape index (κ1) is 18.1. The summed E-state index contributed by atoms with van der Waals surface area (Å²) < 4.78 is 41.2. The third-order valence-electron chi connectivity index (χ3n) is 5.15. The fourth-order valence-electron chi connectivity index (χ4n) is 3.45. The van der Waals surface area contributed by atoms with E-state index in [0.717, 1.165) is 24.1 Å². The summed E-state index contributed by atoms with van der Waals surface area (Å²) in [5.41, 5.74) is 2.38. The molecule has 0 saturated heterocycles. The number of rotatable bonds is 5. The predicted molar refractivity (Wildman–Crippen MR) is 100 cm³/mol. The first-order chi connectivity index (χ1) is 12.8. The average molecular weight is 388 g/mol. The van der Waals surface area contributed by atoms with Crippen molar-refractivity contribution in [3.63, 3.8) is 0 Å². The number of hydrogen-bond donors (Lipinski definition) is 1. The molecule has 1 amide bonds. The maximum Gasteiger partial charge on any atom is 0.241 e. The maximum absolute atomic E-state index is 13.1. The van der Waals surface area contributed by atoms with Gasteiger partial charge in [-0.15, -0.1) is 0 Å². The van der Waals surface area contributed by atoms with E-state index in [9.17, 15) is 17.6 Å². The van der Waals surface area contributed by atoms with Crippen LogP contribution in [-0.2, 0) is 21.2 Å². The third-order valence-corrected chi connectivity index (χ3v) is 6.69. The number of anilines is 1. The van der Waals surface area contributed by atoms with Crippen molar-refractivity contribution >= 4 is 21.6 Å². The molecular weight excluding hydrogens is 367 g/mol. The molecule has 1 aliphatic heterocycles. The van der Waals surface area contributed by atoms with Crippen LogP contribution >= 0.6 is 0 Å². The van der Waals surface area contributed by atoms with Crippen LogP contribution in [0.2, 0.25) is 0 Å². The van der Waals surface area contributed by atoms with Crippen molar-refractivity contribution in [1.82, 2.24) is 4.72 Å². The maximum atomic E-state index is 13.1. The lowest BCUT2D eigenvalue weighted by Gasteiger charge is -2.18. The van der Waals surface area contributed by atoms with Crippen molar-refractivity contribution in [3.05, 3.63) is 59.4 Å². The summed E-state index contributed by atoms with van der Waals surface area (Å²) in [6.07, 6.45) is 2.55. The van der Waals surface area contributed by atoms with Gasteiger partial charge in [-0.05, 0) is 67.6 Å². The molecule has 0 radical (unpaired) electrons. The van der Waals surface area contributed by atoms with Crippen LogP contribution in [0.1, 0.15) is 36.9 Å². The molecule has 1 heterocycles. The molecule has 0 bridgehead atoms. The van der Waals surface area contributed by atoms with Gasteiger partial charge in [0, 0.05) is 24.2 Å². The lowest BCUT2D eigenvalue weighted by Crippen LogP contribution is -2.30. The molecule has 5 nitrogen and oxygen atoms in total. The van der Waals surface area contributed by atoms with E-state index in [1.807, 2.05) is 0 Å². The molecule has 1 N–H and O–H groups in total. The highest BCUT2D eigenvalue weighted by molar-refractivity contribution is 7.89. The fourth-order valence-corrected chi connectivity index (χ4v) is 4.73. The van der Waals surface area contributed by atoms with Crippen molar-refractivity contribution < 1.29 is 17.6 Å². The van der Waals surface area contributed by atoms with Crippen LogP contribution in [0.25, 0.3) is 0 Å². The molecule has 1 saturated carbocycles. The van der Waals surface area contributed by atoms with Crippen LogP contribution in [0.5, 0.6) is 0 Å². The van der Waals surface area contributed by atoms with Gasteiger partial charge in [-0.1, -0.05) is 12.1 Å². The van der Waals surface area contributed by atoms with Crippen LogP contribution < -0.4 is 9.62 Å². The Hall–Kier alpha value is -2.25. The zero-order valence-corrected chi connectivity index (χ0v) is 15.8. The minimum Gasteiger partial charge on any atom is -0.312 e. The van der Waals surface area contributed by atoms with E-state index in [1.54, 1.807) is 36.1 Å². The number of fused-ring (bicyclic) bond motifs is 1. The van der Waals surface area contributed by atoms with Crippen LogP contribution in [0.15, 0.2) is 47.4 Å². The number of sulfonamides is 1. The number of carbonyl (C=O) groups is 1. The molecule has 0 spiro atoms. The molecule has 27 heavy (non-hydrogen) atoms. The van der Waals surface area contributed by atoms with E-state index < -0.39 is 16.1 Å². The number of nitrogens with zero attached hydrogens (tertiary/aromatic N) is 1. The van der Waals surface area contributed by atoms with Gasteiger partial charge in [0.25, 0.3) is 0 Å². The first-order valence-corrected chi connectivity index (χ1v) is 10.6. The molecule has 2 aromatic rings. The number of amides is 1. The second kappa shape index (κ2) is 6.73. The minimum absolute atomic E-state index is 0.137.